The van der Waals surface area contributed by atoms with Crippen molar-refractivity contribution >= 4 is 5.91 Å². The molecule has 2 fully saturated rings. The van der Waals surface area contributed by atoms with Gasteiger partial charge in [0.25, 0.3) is 0 Å². The highest BCUT2D eigenvalue weighted by Gasteiger charge is 2.27. The summed E-state index contributed by atoms with van der Waals surface area (Å²) >= 11 is 0. The Hall–Kier alpha value is -0.610. The largest absolute Gasteiger partial charge is 0.355 e. The summed E-state index contributed by atoms with van der Waals surface area (Å²) in [4.78, 5) is 13.7. The lowest BCUT2D eigenvalue weighted by Gasteiger charge is -2.33. The molecule has 2 rings (SSSR count). The van der Waals surface area contributed by atoms with Crippen LogP contribution in [0, 0.1) is 0 Å². The average molecular weight is 225 g/mol. The molecular weight excluding hydrogens is 202 g/mol. The highest BCUT2D eigenvalue weighted by Crippen LogP contribution is 2.21. The van der Waals surface area contributed by atoms with Crippen molar-refractivity contribution < 1.29 is 4.79 Å². The summed E-state index contributed by atoms with van der Waals surface area (Å²) in [5, 5.41) is 2.92. The zero-order valence-electron chi connectivity index (χ0n) is 9.95. The van der Waals surface area contributed by atoms with E-state index in [0.29, 0.717) is 18.5 Å². The van der Waals surface area contributed by atoms with Gasteiger partial charge in [-0.05, 0) is 12.8 Å². The van der Waals surface area contributed by atoms with Crippen molar-refractivity contribution in [1.29, 1.82) is 0 Å². The minimum Gasteiger partial charge on any atom is -0.355 e. The Bertz CT molecular complexity index is 244. The molecule has 1 aliphatic heterocycles. The number of nitrogens with two attached hydrogens (primary N) is 1. The van der Waals surface area contributed by atoms with Gasteiger partial charge in [-0.1, -0.05) is 19.3 Å². The van der Waals surface area contributed by atoms with Gasteiger partial charge < -0.3 is 11.1 Å². The van der Waals surface area contributed by atoms with Crippen LogP contribution in [0.25, 0.3) is 0 Å². The van der Waals surface area contributed by atoms with Crippen molar-refractivity contribution in [2.75, 3.05) is 19.6 Å². The summed E-state index contributed by atoms with van der Waals surface area (Å²) in [6, 6.07) is 0.797. The number of carbonyl (C=O) groups excluding carboxylic acids is 1. The van der Waals surface area contributed by atoms with Crippen LogP contribution in [0.2, 0.25) is 0 Å². The Morgan fingerprint density at radius 1 is 1.19 bits per heavy atom. The second-order valence-corrected chi connectivity index (χ2v) is 5.01. The quantitative estimate of drug-likeness (QED) is 0.638. The van der Waals surface area contributed by atoms with Gasteiger partial charge in [0.05, 0.1) is 0 Å². The van der Waals surface area contributed by atoms with E-state index in [2.05, 4.69) is 10.2 Å². The van der Waals surface area contributed by atoms with Gasteiger partial charge in [-0.2, -0.15) is 0 Å². The highest BCUT2D eigenvalue weighted by molar-refractivity contribution is 5.76. The molecule has 1 saturated heterocycles. The Labute approximate surface area is 97.6 Å². The van der Waals surface area contributed by atoms with Crippen LogP contribution in [0.3, 0.4) is 0 Å². The van der Waals surface area contributed by atoms with Gasteiger partial charge in [-0.15, -0.1) is 0 Å². The summed E-state index contributed by atoms with van der Waals surface area (Å²) < 4.78 is 0. The number of hydrogen-bond acceptors (Lipinski definition) is 3. The fraction of sp³-hybridized carbons (Fsp3) is 0.917. The third kappa shape index (κ3) is 2.95. The number of nitrogens with zero attached hydrogens (tertiary/aromatic N) is 1. The van der Waals surface area contributed by atoms with Crippen LogP contribution in [0.5, 0.6) is 0 Å². The molecule has 16 heavy (non-hydrogen) atoms. The van der Waals surface area contributed by atoms with Gasteiger partial charge in [-0.25, -0.2) is 0 Å². The van der Waals surface area contributed by atoms with Crippen LogP contribution in [-0.4, -0.2) is 42.5 Å². The SMILES string of the molecule is NC1CCCCCC1N1CCNC(=O)CC1. The Morgan fingerprint density at radius 2 is 2.00 bits per heavy atom. The lowest BCUT2D eigenvalue weighted by molar-refractivity contribution is -0.120. The van der Waals surface area contributed by atoms with Crippen molar-refractivity contribution in [3.63, 3.8) is 0 Å². The molecule has 92 valence electrons. The third-order valence-electron chi connectivity index (χ3n) is 3.85. The standard InChI is InChI=1S/C12H23N3O/c13-10-4-2-1-3-5-11(10)15-8-6-12(16)14-7-9-15/h10-11H,1-9,13H2,(H,14,16). The first-order valence-electron chi connectivity index (χ1n) is 6.54. The second-order valence-electron chi connectivity index (χ2n) is 5.01. The first-order chi connectivity index (χ1) is 7.77. The normalized spacial score (nSPS) is 33.9. The van der Waals surface area contributed by atoms with Crippen molar-refractivity contribution in [1.82, 2.24) is 10.2 Å². The van der Waals surface area contributed by atoms with Gasteiger partial charge in [0.15, 0.2) is 0 Å². The fourth-order valence-corrected chi connectivity index (χ4v) is 2.89. The maximum absolute atomic E-state index is 11.3. The summed E-state index contributed by atoms with van der Waals surface area (Å²) in [6.45, 7) is 2.62. The molecule has 3 N–H and O–H groups in total. The zero-order chi connectivity index (χ0) is 11.4. The van der Waals surface area contributed by atoms with E-state index >= 15 is 0 Å². The van der Waals surface area contributed by atoms with Gasteiger partial charge in [0.1, 0.15) is 0 Å². The van der Waals surface area contributed by atoms with E-state index < -0.39 is 0 Å². The molecule has 0 radical (unpaired) electrons. The molecule has 0 aromatic rings. The fourth-order valence-electron chi connectivity index (χ4n) is 2.89. The minimum absolute atomic E-state index is 0.185. The number of amides is 1. The van der Waals surface area contributed by atoms with Crippen LogP contribution in [0.15, 0.2) is 0 Å². The molecule has 0 spiro atoms. The van der Waals surface area contributed by atoms with Crippen LogP contribution in [0.4, 0.5) is 0 Å². The topological polar surface area (TPSA) is 58.4 Å². The maximum atomic E-state index is 11.3. The Kier molecular flexibility index (Phi) is 4.18. The van der Waals surface area contributed by atoms with Crippen LogP contribution >= 0.6 is 0 Å². The molecule has 1 aliphatic carbocycles. The predicted molar refractivity (Wildman–Crippen MR) is 64.0 cm³/mol. The van der Waals surface area contributed by atoms with Crippen LogP contribution in [-0.2, 0) is 4.79 Å². The minimum atomic E-state index is 0.185. The molecule has 0 aromatic carbocycles. The molecule has 1 heterocycles. The lowest BCUT2D eigenvalue weighted by atomic mass is 10.0. The number of nitrogens with one attached hydrogen (secondary N) is 1. The van der Waals surface area contributed by atoms with E-state index in [4.69, 9.17) is 5.73 Å². The van der Waals surface area contributed by atoms with E-state index in [1.54, 1.807) is 0 Å². The average Bonchev–Trinajstić information content (AvgIpc) is 2.59. The molecule has 1 saturated carbocycles. The van der Waals surface area contributed by atoms with Crippen molar-refractivity contribution in [3.8, 4) is 0 Å². The van der Waals surface area contributed by atoms with E-state index in [9.17, 15) is 4.79 Å². The second kappa shape index (κ2) is 5.64. The van der Waals surface area contributed by atoms with Gasteiger partial charge >= 0.3 is 0 Å². The monoisotopic (exact) mass is 225 g/mol. The third-order valence-corrected chi connectivity index (χ3v) is 3.85. The Morgan fingerprint density at radius 3 is 2.88 bits per heavy atom. The highest BCUT2D eigenvalue weighted by atomic mass is 16.1. The molecule has 2 aliphatic rings. The van der Waals surface area contributed by atoms with Crippen LogP contribution < -0.4 is 11.1 Å². The molecule has 1 amide bonds. The van der Waals surface area contributed by atoms with Gasteiger partial charge in [-0.3, -0.25) is 9.69 Å². The summed E-state index contributed by atoms with van der Waals surface area (Å²) in [6.07, 6.45) is 6.84. The Balaban J connectivity index is 1.95. The number of carbonyl (C=O) groups is 1. The van der Waals surface area contributed by atoms with E-state index in [-0.39, 0.29) is 5.91 Å². The predicted octanol–water partition coefficient (Wildman–Crippen LogP) is 0.468. The summed E-state index contributed by atoms with van der Waals surface area (Å²) in [5.74, 6) is 0.185. The summed E-state index contributed by atoms with van der Waals surface area (Å²) in [5.41, 5.74) is 6.25. The number of rotatable bonds is 1. The zero-order valence-corrected chi connectivity index (χ0v) is 9.95. The molecule has 4 heteroatoms. The first-order valence-corrected chi connectivity index (χ1v) is 6.54. The molecule has 0 aromatic heterocycles. The summed E-state index contributed by atoms with van der Waals surface area (Å²) in [7, 11) is 0. The molecule has 4 nitrogen and oxygen atoms in total. The maximum Gasteiger partial charge on any atom is 0.221 e. The van der Waals surface area contributed by atoms with Gasteiger partial charge in [0.2, 0.25) is 5.91 Å². The lowest BCUT2D eigenvalue weighted by Crippen LogP contribution is -2.48. The van der Waals surface area contributed by atoms with Gasteiger partial charge in [0, 0.05) is 38.1 Å². The molecule has 0 bridgehead atoms. The van der Waals surface area contributed by atoms with E-state index in [1.807, 2.05) is 0 Å². The number of hydrogen-bond donors (Lipinski definition) is 2. The molecule has 2 atom stereocenters. The molecule has 2 unspecified atom stereocenters. The van der Waals surface area contributed by atoms with Crippen molar-refractivity contribution in [2.45, 2.75) is 50.6 Å². The van der Waals surface area contributed by atoms with Crippen LogP contribution in [0.1, 0.15) is 38.5 Å². The molecular formula is C12H23N3O. The first kappa shape index (κ1) is 11.9. The van der Waals surface area contributed by atoms with Crippen molar-refractivity contribution in [2.24, 2.45) is 5.73 Å². The van der Waals surface area contributed by atoms with Crippen molar-refractivity contribution in [3.05, 3.63) is 0 Å². The smallest absolute Gasteiger partial charge is 0.221 e. The van der Waals surface area contributed by atoms with E-state index in [1.165, 1.54) is 25.7 Å². The van der Waals surface area contributed by atoms with E-state index in [0.717, 1.165) is 26.1 Å².